The van der Waals surface area contributed by atoms with Crippen LogP contribution in [0.3, 0.4) is 0 Å². The van der Waals surface area contributed by atoms with Gasteiger partial charge in [-0.25, -0.2) is 9.78 Å². The summed E-state index contributed by atoms with van der Waals surface area (Å²) in [7, 11) is 0. The SMILES string of the molecule is C=CC(=O)Nc1cc(-c2c(-c3ccc(NCCNC(C)=O)cc3)[nH]c3ncc(C(=O)OC(C)C)cc23)ccc1C. The number of aryl methyl sites for hydroxylation is 1. The van der Waals surface area contributed by atoms with Gasteiger partial charge in [-0.2, -0.15) is 0 Å². The third-order valence-electron chi connectivity index (χ3n) is 6.20. The summed E-state index contributed by atoms with van der Waals surface area (Å²) in [5, 5.41) is 9.66. The van der Waals surface area contributed by atoms with Crippen LogP contribution >= 0.6 is 0 Å². The summed E-state index contributed by atoms with van der Waals surface area (Å²) in [6, 6.07) is 15.5. The number of carbonyl (C=O) groups is 3. The topological polar surface area (TPSA) is 125 Å². The Labute approximate surface area is 233 Å². The molecule has 2 amide bonds. The zero-order valence-electron chi connectivity index (χ0n) is 23.1. The van der Waals surface area contributed by atoms with Crippen LogP contribution in [0.1, 0.15) is 36.7 Å². The van der Waals surface area contributed by atoms with Crippen molar-refractivity contribution in [2.45, 2.75) is 33.8 Å². The molecule has 2 heterocycles. The fraction of sp³-hybridized carbons (Fsp3) is 0.226. The minimum Gasteiger partial charge on any atom is -0.459 e. The van der Waals surface area contributed by atoms with Crippen LogP contribution in [0.25, 0.3) is 33.4 Å². The van der Waals surface area contributed by atoms with Crippen LogP contribution in [-0.2, 0) is 14.3 Å². The van der Waals surface area contributed by atoms with Crippen molar-refractivity contribution in [1.29, 1.82) is 0 Å². The molecule has 0 fully saturated rings. The van der Waals surface area contributed by atoms with E-state index in [-0.39, 0.29) is 17.9 Å². The maximum absolute atomic E-state index is 12.7. The number of hydrogen-bond donors (Lipinski definition) is 4. The molecule has 4 aromatic rings. The molecular weight excluding hydrogens is 506 g/mol. The average molecular weight is 540 g/mol. The van der Waals surface area contributed by atoms with Gasteiger partial charge in [-0.1, -0.05) is 30.8 Å². The maximum Gasteiger partial charge on any atom is 0.339 e. The second-order valence-corrected chi connectivity index (χ2v) is 9.66. The number of aromatic nitrogens is 2. The number of aromatic amines is 1. The van der Waals surface area contributed by atoms with Crippen LogP contribution in [0.2, 0.25) is 0 Å². The predicted molar refractivity (Wildman–Crippen MR) is 158 cm³/mol. The highest BCUT2D eigenvalue weighted by Gasteiger charge is 2.20. The number of benzene rings is 2. The quantitative estimate of drug-likeness (QED) is 0.121. The summed E-state index contributed by atoms with van der Waals surface area (Å²) >= 11 is 0. The van der Waals surface area contributed by atoms with Crippen LogP contribution in [0, 0.1) is 6.92 Å². The van der Waals surface area contributed by atoms with E-state index in [9.17, 15) is 14.4 Å². The molecular formula is C31H33N5O4. The van der Waals surface area contributed by atoms with Gasteiger partial charge in [0.1, 0.15) is 5.65 Å². The Morgan fingerprint density at radius 1 is 1.05 bits per heavy atom. The van der Waals surface area contributed by atoms with E-state index in [1.165, 1.54) is 19.2 Å². The van der Waals surface area contributed by atoms with E-state index in [2.05, 4.69) is 32.5 Å². The van der Waals surface area contributed by atoms with Gasteiger partial charge in [0.05, 0.1) is 17.4 Å². The Bertz CT molecular complexity index is 1570. The normalized spacial score (nSPS) is 10.8. The van der Waals surface area contributed by atoms with Gasteiger partial charge in [0.25, 0.3) is 0 Å². The fourth-order valence-electron chi connectivity index (χ4n) is 4.28. The van der Waals surface area contributed by atoms with Crippen LogP contribution in [0.5, 0.6) is 0 Å². The van der Waals surface area contributed by atoms with Gasteiger partial charge in [0, 0.05) is 48.5 Å². The van der Waals surface area contributed by atoms with Crippen molar-refractivity contribution < 1.29 is 19.1 Å². The second-order valence-electron chi connectivity index (χ2n) is 9.66. The van der Waals surface area contributed by atoms with Gasteiger partial charge in [0.2, 0.25) is 11.8 Å². The Balaban J connectivity index is 1.80. The van der Waals surface area contributed by atoms with Crippen molar-refractivity contribution in [1.82, 2.24) is 15.3 Å². The monoisotopic (exact) mass is 539 g/mol. The Morgan fingerprint density at radius 3 is 2.45 bits per heavy atom. The van der Waals surface area contributed by atoms with Crippen LogP contribution < -0.4 is 16.0 Å². The van der Waals surface area contributed by atoms with Crippen LogP contribution in [-0.4, -0.2) is 46.9 Å². The van der Waals surface area contributed by atoms with Crippen molar-refractivity contribution in [3.63, 3.8) is 0 Å². The average Bonchev–Trinajstić information content (AvgIpc) is 3.31. The van der Waals surface area contributed by atoms with Gasteiger partial charge in [-0.05, 0) is 67.8 Å². The third kappa shape index (κ3) is 6.55. The molecule has 40 heavy (non-hydrogen) atoms. The van der Waals surface area contributed by atoms with E-state index < -0.39 is 5.97 Å². The molecule has 0 radical (unpaired) electrons. The number of amides is 2. The van der Waals surface area contributed by atoms with E-state index in [0.717, 1.165) is 39.0 Å². The fourth-order valence-corrected chi connectivity index (χ4v) is 4.28. The third-order valence-corrected chi connectivity index (χ3v) is 6.20. The molecule has 0 bridgehead atoms. The van der Waals surface area contributed by atoms with Gasteiger partial charge >= 0.3 is 5.97 Å². The molecule has 206 valence electrons. The molecule has 0 saturated heterocycles. The molecule has 4 N–H and O–H groups in total. The first-order valence-corrected chi connectivity index (χ1v) is 13.0. The summed E-state index contributed by atoms with van der Waals surface area (Å²) in [5.74, 6) is -0.821. The van der Waals surface area contributed by atoms with Gasteiger partial charge in [0.15, 0.2) is 0 Å². The number of nitrogens with zero attached hydrogens (tertiary/aromatic N) is 1. The first-order chi connectivity index (χ1) is 19.2. The number of carbonyl (C=O) groups excluding carboxylic acids is 3. The summed E-state index contributed by atoms with van der Waals surface area (Å²) in [5.41, 5.74) is 6.81. The van der Waals surface area contributed by atoms with Crippen molar-refractivity contribution in [3.8, 4) is 22.4 Å². The van der Waals surface area contributed by atoms with E-state index >= 15 is 0 Å². The summed E-state index contributed by atoms with van der Waals surface area (Å²) in [6.07, 6.45) is 2.47. The van der Waals surface area contributed by atoms with E-state index in [0.29, 0.717) is 30.0 Å². The molecule has 0 aliphatic rings. The van der Waals surface area contributed by atoms with Crippen molar-refractivity contribution in [2.75, 3.05) is 23.7 Å². The zero-order chi connectivity index (χ0) is 28.8. The number of ether oxygens (including phenoxy) is 1. The number of pyridine rings is 1. The first kappa shape index (κ1) is 28.1. The molecule has 2 aromatic heterocycles. The molecule has 4 rings (SSSR count). The number of anilines is 2. The van der Waals surface area contributed by atoms with Crippen LogP contribution in [0.4, 0.5) is 11.4 Å². The molecule has 2 aromatic carbocycles. The Hall–Kier alpha value is -4.92. The lowest BCUT2D eigenvalue weighted by Gasteiger charge is -2.12. The molecule has 9 heteroatoms. The number of rotatable bonds is 10. The molecule has 0 aliphatic heterocycles. The van der Waals surface area contributed by atoms with Gasteiger partial charge in [-0.3, -0.25) is 9.59 Å². The van der Waals surface area contributed by atoms with Crippen molar-refractivity contribution in [2.24, 2.45) is 0 Å². The second kappa shape index (κ2) is 12.3. The Kier molecular flexibility index (Phi) is 8.63. The lowest BCUT2D eigenvalue weighted by atomic mass is 9.96. The number of H-pyrrole nitrogens is 1. The van der Waals surface area contributed by atoms with Crippen molar-refractivity contribution in [3.05, 3.63) is 78.5 Å². The maximum atomic E-state index is 12.7. The van der Waals surface area contributed by atoms with E-state index in [4.69, 9.17) is 4.74 Å². The summed E-state index contributed by atoms with van der Waals surface area (Å²) in [6.45, 7) is 11.7. The lowest BCUT2D eigenvalue weighted by Crippen LogP contribution is -2.26. The summed E-state index contributed by atoms with van der Waals surface area (Å²) < 4.78 is 5.40. The minimum atomic E-state index is -0.448. The number of fused-ring (bicyclic) bond motifs is 1. The predicted octanol–water partition coefficient (Wildman–Crippen LogP) is 5.44. The van der Waals surface area contributed by atoms with Crippen LogP contribution in [0.15, 0.2) is 67.4 Å². The zero-order valence-corrected chi connectivity index (χ0v) is 23.1. The Morgan fingerprint density at radius 2 is 1.77 bits per heavy atom. The molecule has 0 spiro atoms. The number of hydrogen-bond acceptors (Lipinski definition) is 6. The molecule has 0 aliphatic carbocycles. The number of nitrogens with one attached hydrogen (secondary N) is 4. The minimum absolute atomic E-state index is 0.0685. The largest absolute Gasteiger partial charge is 0.459 e. The highest BCUT2D eigenvalue weighted by molar-refractivity contribution is 6.06. The summed E-state index contributed by atoms with van der Waals surface area (Å²) in [4.78, 5) is 43.8. The van der Waals surface area contributed by atoms with Gasteiger partial charge in [-0.15, -0.1) is 0 Å². The van der Waals surface area contributed by atoms with Crippen molar-refractivity contribution >= 4 is 40.2 Å². The lowest BCUT2D eigenvalue weighted by molar-refractivity contribution is -0.118. The molecule has 0 unspecified atom stereocenters. The standard InChI is InChI=1S/C31H33N5O4/c1-6-27(38)35-26-16-22(8-7-19(26)4)28-25-15-23(31(39)40-18(2)3)17-34-30(25)36-29(28)21-9-11-24(12-10-21)33-14-13-32-20(5)37/h6-12,15-18,33H,1,13-14H2,2-5H3,(H,32,37)(H,34,36)(H,35,38). The highest BCUT2D eigenvalue weighted by atomic mass is 16.5. The smallest absolute Gasteiger partial charge is 0.339 e. The molecule has 0 saturated carbocycles. The number of esters is 1. The first-order valence-electron chi connectivity index (χ1n) is 13.0. The van der Waals surface area contributed by atoms with E-state index in [1.54, 1.807) is 19.9 Å². The van der Waals surface area contributed by atoms with E-state index in [1.807, 2.05) is 49.4 Å². The van der Waals surface area contributed by atoms with Gasteiger partial charge < -0.3 is 25.7 Å². The highest BCUT2D eigenvalue weighted by Crippen LogP contribution is 2.39. The molecule has 9 nitrogen and oxygen atoms in total. The molecule has 0 atom stereocenters.